The summed E-state index contributed by atoms with van der Waals surface area (Å²) in [5.41, 5.74) is 8.03. The van der Waals surface area contributed by atoms with Gasteiger partial charge >= 0.3 is 0 Å². The molecule has 126 valence electrons. The number of thiophene rings is 1. The van der Waals surface area contributed by atoms with Gasteiger partial charge in [0, 0.05) is 18.3 Å². The molecule has 0 bridgehead atoms. The van der Waals surface area contributed by atoms with Crippen LogP contribution < -0.4 is 5.73 Å². The minimum absolute atomic E-state index is 0.252. The number of carbonyl (C=O) groups excluding carboxylic acids is 2. The maximum Gasteiger partial charge on any atom is 0.274 e. The Morgan fingerprint density at radius 1 is 1.12 bits per heavy atom. The Bertz CT molecular complexity index is 933. The number of hydrogen-bond acceptors (Lipinski definition) is 5. The average Bonchev–Trinajstić information content (AvgIpc) is 3.31. The van der Waals surface area contributed by atoms with Crippen molar-refractivity contribution in [1.82, 2.24) is 9.88 Å². The van der Waals surface area contributed by atoms with E-state index in [1.165, 1.54) is 16.2 Å². The molecular formula is C18H15N3O2S2. The van der Waals surface area contributed by atoms with Gasteiger partial charge in [-0.1, -0.05) is 30.3 Å². The van der Waals surface area contributed by atoms with Crippen molar-refractivity contribution in [1.29, 1.82) is 0 Å². The molecule has 2 amide bonds. The second kappa shape index (κ2) is 6.42. The van der Waals surface area contributed by atoms with Crippen LogP contribution in [0.15, 0.2) is 47.2 Å². The summed E-state index contributed by atoms with van der Waals surface area (Å²) in [6.45, 7) is 0.370. The maximum atomic E-state index is 13.0. The molecule has 1 atom stereocenters. The number of thiazole rings is 1. The van der Waals surface area contributed by atoms with Gasteiger partial charge in [-0.15, -0.1) is 22.7 Å². The number of rotatable bonds is 3. The Morgan fingerprint density at radius 2 is 1.92 bits per heavy atom. The number of fused-ring (bicyclic) bond motifs is 1. The minimum atomic E-state index is -0.644. The first kappa shape index (κ1) is 16.0. The molecule has 2 aromatic heterocycles. The molecule has 0 radical (unpaired) electrons. The minimum Gasteiger partial charge on any atom is -0.368 e. The van der Waals surface area contributed by atoms with E-state index in [1.54, 1.807) is 16.7 Å². The highest BCUT2D eigenvalue weighted by Gasteiger charge is 2.34. The fraction of sp³-hybridized carbons (Fsp3) is 0.167. The van der Waals surface area contributed by atoms with Crippen molar-refractivity contribution in [3.63, 3.8) is 0 Å². The maximum absolute atomic E-state index is 13.0. The normalized spacial score (nSPS) is 16.5. The largest absolute Gasteiger partial charge is 0.368 e. The monoisotopic (exact) mass is 369 g/mol. The van der Waals surface area contributed by atoms with Crippen LogP contribution in [0, 0.1) is 0 Å². The lowest BCUT2D eigenvalue weighted by Gasteiger charge is -2.34. The Morgan fingerprint density at radius 3 is 2.64 bits per heavy atom. The third-order valence-electron chi connectivity index (χ3n) is 4.29. The van der Waals surface area contributed by atoms with Crippen molar-refractivity contribution in [2.45, 2.75) is 19.0 Å². The lowest BCUT2D eigenvalue weighted by molar-refractivity contribution is -0.122. The van der Waals surface area contributed by atoms with E-state index in [4.69, 9.17) is 5.73 Å². The summed E-state index contributed by atoms with van der Waals surface area (Å²) in [5.74, 6) is -0.742. The van der Waals surface area contributed by atoms with Crippen molar-refractivity contribution in [2.75, 3.05) is 0 Å². The van der Waals surface area contributed by atoms with E-state index in [0.717, 1.165) is 21.0 Å². The lowest BCUT2D eigenvalue weighted by Crippen LogP contribution is -2.51. The molecule has 2 N–H and O–H groups in total. The Hall–Kier alpha value is -2.51. The summed E-state index contributed by atoms with van der Waals surface area (Å²) >= 11 is 3.01. The molecule has 1 aliphatic rings. The molecule has 3 heterocycles. The first-order valence-electron chi connectivity index (χ1n) is 7.80. The van der Waals surface area contributed by atoms with Crippen LogP contribution in [0.3, 0.4) is 0 Å². The molecule has 4 rings (SSSR count). The van der Waals surface area contributed by atoms with Crippen molar-refractivity contribution in [2.24, 2.45) is 5.73 Å². The van der Waals surface area contributed by atoms with Gasteiger partial charge in [-0.05, 0) is 22.6 Å². The highest BCUT2D eigenvalue weighted by Crippen LogP contribution is 2.30. The summed E-state index contributed by atoms with van der Waals surface area (Å²) < 4.78 is 0. The van der Waals surface area contributed by atoms with Crippen molar-refractivity contribution in [3.05, 3.63) is 64.0 Å². The van der Waals surface area contributed by atoms with Crippen LogP contribution in [0.5, 0.6) is 0 Å². The van der Waals surface area contributed by atoms with E-state index in [-0.39, 0.29) is 5.91 Å². The molecular weight excluding hydrogens is 354 g/mol. The Labute approximate surface area is 152 Å². The van der Waals surface area contributed by atoms with E-state index in [1.807, 2.05) is 41.8 Å². The summed E-state index contributed by atoms with van der Waals surface area (Å²) in [6.07, 6.45) is 0.444. The van der Waals surface area contributed by atoms with Crippen LogP contribution >= 0.6 is 22.7 Å². The predicted molar refractivity (Wildman–Crippen MR) is 98.4 cm³/mol. The molecule has 0 saturated heterocycles. The molecule has 25 heavy (non-hydrogen) atoms. The molecule has 0 aliphatic carbocycles. The van der Waals surface area contributed by atoms with Gasteiger partial charge in [-0.3, -0.25) is 9.59 Å². The van der Waals surface area contributed by atoms with E-state index < -0.39 is 11.9 Å². The first-order chi connectivity index (χ1) is 12.1. The molecule has 1 unspecified atom stereocenters. The zero-order valence-corrected chi connectivity index (χ0v) is 14.8. The quantitative estimate of drug-likeness (QED) is 0.771. The van der Waals surface area contributed by atoms with Gasteiger partial charge < -0.3 is 10.6 Å². The number of benzene rings is 1. The topological polar surface area (TPSA) is 76.3 Å². The highest BCUT2D eigenvalue weighted by atomic mass is 32.1. The summed E-state index contributed by atoms with van der Waals surface area (Å²) in [6, 6.07) is 11.1. The van der Waals surface area contributed by atoms with Crippen LogP contribution in [0.1, 0.15) is 21.6 Å². The van der Waals surface area contributed by atoms with Crippen molar-refractivity contribution in [3.8, 4) is 9.88 Å². The molecule has 5 nitrogen and oxygen atoms in total. The van der Waals surface area contributed by atoms with Crippen LogP contribution in [-0.4, -0.2) is 27.7 Å². The number of aromatic nitrogens is 1. The molecule has 0 spiro atoms. The third-order valence-corrected chi connectivity index (χ3v) is 6.17. The van der Waals surface area contributed by atoms with Gasteiger partial charge in [0.1, 0.15) is 16.7 Å². The molecule has 7 heteroatoms. The highest BCUT2D eigenvalue weighted by molar-refractivity contribution is 7.20. The third kappa shape index (κ3) is 2.96. The fourth-order valence-electron chi connectivity index (χ4n) is 3.02. The fourth-order valence-corrected chi connectivity index (χ4v) is 4.63. The van der Waals surface area contributed by atoms with Crippen LogP contribution in [0.4, 0.5) is 0 Å². The summed E-state index contributed by atoms with van der Waals surface area (Å²) in [5, 5.41) is 4.53. The number of nitrogens with two attached hydrogens (primary N) is 1. The number of nitrogens with zero attached hydrogens (tertiary/aromatic N) is 2. The van der Waals surface area contributed by atoms with E-state index in [0.29, 0.717) is 18.7 Å². The molecule has 1 aromatic carbocycles. The van der Waals surface area contributed by atoms with Gasteiger partial charge in [-0.25, -0.2) is 4.98 Å². The second-order valence-corrected chi connectivity index (χ2v) is 7.65. The second-order valence-electron chi connectivity index (χ2n) is 5.84. The zero-order chi connectivity index (χ0) is 17.4. The number of hydrogen-bond donors (Lipinski definition) is 1. The SMILES string of the molecule is NC(=O)C1Cc2ccccc2CN1C(=O)c1csc(-c2cccs2)n1. The standard InChI is InChI=1S/C18H15N3O2S2/c19-16(22)14-8-11-4-1-2-5-12(11)9-21(14)18(23)13-10-25-17(20-13)15-6-3-7-24-15/h1-7,10,14H,8-9H2,(H2,19,22). The lowest BCUT2D eigenvalue weighted by atomic mass is 9.93. The van der Waals surface area contributed by atoms with Crippen molar-refractivity contribution < 1.29 is 9.59 Å². The van der Waals surface area contributed by atoms with Gasteiger partial charge in [0.25, 0.3) is 5.91 Å². The van der Waals surface area contributed by atoms with Gasteiger partial charge in [0.05, 0.1) is 4.88 Å². The van der Waals surface area contributed by atoms with E-state index >= 15 is 0 Å². The molecule has 1 aliphatic heterocycles. The van der Waals surface area contributed by atoms with Gasteiger partial charge in [-0.2, -0.15) is 0 Å². The average molecular weight is 369 g/mol. The molecule has 0 fully saturated rings. The smallest absolute Gasteiger partial charge is 0.274 e. The van der Waals surface area contributed by atoms with Crippen molar-refractivity contribution >= 4 is 34.5 Å². The van der Waals surface area contributed by atoms with E-state index in [9.17, 15) is 9.59 Å². The number of carbonyl (C=O) groups is 2. The van der Waals surface area contributed by atoms with Crippen LogP contribution in [0.25, 0.3) is 9.88 Å². The zero-order valence-electron chi connectivity index (χ0n) is 13.2. The molecule has 3 aromatic rings. The Kier molecular flexibility index (Phi) is 4.10. The summed E-state index contributed by atoms with van der Waals surface area (Å²) in [7, 11) is 0. The van der Waals surface area contributed by atoms with Gasteiger partial charge in [0.2, 0.25) is 5.91 Å². The number of amides is 2. The predicted octanol–water partition coefficient (Wildman–Crippen LogP) is 2.92. The first-order valence-corrected chi connectivity index (χ1v) is 9.56. The summed E-state index contributed by atoms with van der Waals surface area (Å²) in [4.78, 5) is 31.9. The van der Waals surface area contributed by atoms with Crippen LogP contribution in [0.2, 0.25) is 0 Å². The molecule has 0 saturated carbocycles. The van der Waals surface area contributed by atoms with Gasteiger partial charge in [0.15, 0.2) is 0 Å². The number of primary amides is 1. The van der Waals surface area contributed by atoms with E-state index in [2.05, 4.69) is 4.98 Å². The van der Waals surface area contributed by atoms with Crippen LogP contribution in [-0.2, 0) is 17.8 Å². The Balaban J connectivity index is 1.65.